The van der Waals surface area contributed by atoms with Gasteiger partial charge in [0.15, 0.2) is 0 Å². The summed E-state index contributed by atoms with van der Waals surface area (Å²) < 4.78 is 35.9. The summed E-state index contributed by atoms with van der Waals surface area (Å²) in [6, 6.07) is 3.32. The van der Waals surface area contributed by atoms with Gasteiger partial charge in [0.25, 0.3) is 0 Å². The Bertz CT molecular complexity index is 318. The summed E-state index contributed by atoms with van der Waals surface area (Å²) in [6.45, 7) is 0. The molecule has 1 aromatic carbocycles. The normalized spacial score (nSPS) is 10.5. The van der Waals surface area contributed by atoms with E-state index in [2.05, 4.69) is 0 Å². The molecule has 72 valence electrons. The Morgan fingerprint density at radius 2 is 1.57 bits per heavy atom. The third-order valence-corrected chi connectivity index (χ3v) is 1.46. The van der Waals surface area contributed by atoms with Gasteiger partial charge in [-0.25, -0.2) is 4.79 Å². The van der Waals surface area contributed by atoms with Gasteiger partial charge in [0.2, 0.25) is 0 Å². The number of halogens is 3. The molecule has 6 heteroatoms. The quantitative estimate of drug-likeness (QED) is 0.698. The van der Waals surface area contributed by atoms with Crippen LogP contribution in [-0.2, 0) is 6.18 Å². The van der Waals surface area contributed by atoms with Gasteiger partial charge in [0, 0.05) is 0 Å². The van der Waals surface area contributed by atoms with Crippen molar-refractivity contribution in [2.24, 2.45) is 0 Å². The van der Waals surface area contributed by atoms with Crippen LogP contribution in [0.5, 0.6) is 0 Å². The molecule has 2 nitrogen and oxygen atoms in total. The number of hydrogen-bond acceptors (Lipinski definition) is 1. The molecule has 0 aliphatic rings. The predicted octanol–water partition coefficient (Wildman–Crippen LogP) is 1.76. The molecule has 0 amide bonds. The molecule has 0 unspecified atom stereocenters. The summed E-state index contributed by atoms with van der Waals surface area (Å²) in [5.41, 5.74) is -1.01. The molecule has 0 atom stereocenters. The zero-order valence-electron chi connectivity index (χ0n) is 6.30. The van der Waals surface area contributed by atoms with Crippen molar-refractivity contribution in [2.45, 2.75) is 6.18 Å². The van der Waals surface area contributed by atoms with E-state index in [1.165, 1.54) is 0 Å². The van der Waals surface area contributed by atoms with E-state index >= 15 is 0 Å². The first-order valence-corrected chi connectivity index (χ1v) is 3.32. The number of rotatable bonds is 1. The minimum absolute atomic E-state index is 0. The summed E-state index contributed by atoms with van der Waals surface area (Å²) >= 11 is 0. The molecule has 0 radical (unpaired) electrons. The summed E-state index contributed by atoms with van der Waals surface area (Å²) in [6.07, 6.45) is -4.42. The van der Waals surface area contributed by atoms with Crippen molar-refractivity contribution in [3.8, 4) is 0 Å². The van der Waals surface area contributed by atoms with Crippen LogP contribution in [-0.4, -0.2) is 29.9 Å². The van der Waals surface area contributed by atoms with Crippen molar-refractivity contribution in [3.05, 3.63) is 35.4 Å². The Morgan fingerprint density at radius 1 is 1.14 bits per heavy atom. The average Bonchev–Trinajstić information content (AvgIpc) is 2.03. The molecule has 0 aromatic heterocycles. The molecule has 0 saturated carbocycles. The molecule has 1 aromatic rings. The first-order valence-electron chi connectivity index (χ1n) is 3.32. The van der Waals surface area contributed by atoms with Crippen LogP contribution in [0.15, 0.2) is 24.3 Å². The third-order valence-electron chi connectivity index (χ3n) is 1.46. The summed E-state index contributed by atoms with van der Waals surface area (Å²) in [7, 11) is 0. The number of alkyl halides is 3. The van der Waals surface area contributed by atoms with Gasteiger partial charge in [-0.05, 0) is 24.3 Å². The summed E-state index contributed by atoms with van der Waals surface area (Å²) in [5.74, 6) is -1.24. The second-order valence-electron chi connectivity index (χ2n) is 2.38. The molecule has 1 rings (SSSR count). The molecule has 0 aliphatic carbocycles. The average molecular weight is 198 g/mol. The zero-order valence-corrected chi connectivity index (χ0v) is 6.30. The standard InChI is InChI=1S/C8H5F3O2.Li.H/c9-8(10,11)6-3-1-5(2-4-6)7(12)13;;/h1-4H,(H,12,13);;. The fraction of sp³-hybridized carbons (Fsp3) is 0.125. The fourth-order valence-electron chi connectivity index (χ4n) is 0.802. The van der Waals surface area contributed by atoms with Crippen LogP contribution >= 0.6 is 0 Å². The zero-order chi connectivity index (χ0) is 10.1. The summed E-state index contributed by atoms with van der Waals surface area (Å²) in [5, 5.41) is 8.40. The second-order valence-corrected chi connectivity index (χ2v) is 2.38. The number of hydrogen-bond donors (Lipinski definition) is 1. The van der Waals surface area contributed by atoms with E-state index in [0.29, 0.717) is 0 Å². The van der Waals surface area contributed by atoms with E-state index < -0.39 is 17.7 Å². The number of aromatic carboxylic acids is 1. The fourth-order valence-corrected chi connectivity index (χ4v) is 0.802. The number of carbonyl (C=O) groups is 1. The van der Waals surface area contributed by atoms with Gasteiger partial charge in [-0.3, -0.25) is 0 Å². The Hall–Kier alpha value is -0.923. The van der Waals surface area contributed by atoms with Crippen LogP contribution in [0.3, 0.4) is 0 Å². The SMILES string of the molecule is O=C(O)c1ccc(C(F)(F)F)cc1.[LiH]. The van der Waals surface area contributed by atoms with Crippen LogP contribution < -0.4 is 0 Å². The molecule has 0 fully saturated rings. The van der Waals surface area contributed by atoms with Gasteiger partial charge in [-0.15, -0.1) is 0 Å². The van der Waals surface area contributed by atoms with E-state index in [0.717, 1.165) is 24.3 Å². The van der Waals surface area contributed by atoms with Crippen molar-refractivity contribution < 1.29 is 23.1 Å². The molecule has 1 N–H and O–H groups in total. The Balaban J connectivity index is 0.00000169. The van der Waals surface area contributed by atoms with Gasteiger partial charge in [0.1, 0.15) is 0 Å². The van der Waals surface area contributed by atoms with Crippen LogP contribution in [0.1, 0.15) is 15.9 Å². The van der Waals surface area contributed by atoms with Crippen molar-refractivity contribution in [1.82, 2.24) is 0 Å². The molecule has 0 heterocycles. The van der Waals surface area contributed by atoms with E-state index in [-0.39, 0.29) is 24.4 Å². The Kier molecular flexibility index (Phi) is 4.24. The summed E-state index contributed by atoms with van der Waals surface area (Å²) in [4.78, 5) is 10.3. The van der Waals surface area contributed by atoms with Crippen molar-refractivity contribution in [3.63, 3.8) is 0 Å². The molecule has 0 saturated heterocycles. The van der Waals surface area contributed by atoms with Gasteiger partial charge < -0.3 is 5.11 Å². The first-order chi connectivity index (χ1) is 5.91. The molecule has 14 heavy (non-hydrogen) atoms. The molecular weight excluding hydrogens is 192 g/mol. The van der Waals surface area contributed by atoms with E-state index in [1.54, 1.807) is 0 Å². The van der Waals surface area contributed by atoms with Gasteiger partial charge in [0.05, 0.1) is 11.1 Å². The van der Waals surface area contributed by atoms with Crippen LogP contribution in [0.2, 0.25) is 0 Å². The monoisotopic (exact) mass is 198 g/mol. The van der Waals surface area contributed by atoms with Gasteiger partial charge >= 0.3 is 31.0 Å². The molecule has 0 spiro atoms. The topological polar surface area (TPSA) is 37.3 Å². The van der Waals surface area contributed by atoms with Crippen LogP contribution in [0.4, 0.5) is 13.2 Å². The third kappa shape index (κ3) is 3.09. The second kappa shape index (κ2) is 4.54. The van der Waals surface area contributed by atoms with Crippen LogP contribution in [0, 0.1) is 0 Å². The number of carboxylic acid groups (broad SMARTS) is 1. The number of carboxylic acids is 1. The van der Waals surface area contributed by atoms with E-state index in [4.69, 9.17) is 5.11 Å². The number of benzene rings is 1. The van der Waals surface area contributed by atoms with Crippen molar-refractivity contribution in [2.75, 3.05) is 0 Å². The predicted molar refractivity (Wildman–Crippen MR) is 45.6 cm³/mol. The molecule has 0 bridgehead atoms. The van der Waals surface area contributed by atoms with Gasteiger partial charge in [-0.1, -0.05) is 0 Å². The van der Waals surface area contributed by atoms with Crippen molar-refractivity contribution in [1.29, 1.82) is 0 Å². The van der Waals surface area contributed by atoms with E-state index in [9.17, 15) is 18.0 Å². The Labute approximate surface area is 89.9 Å². The molecule has 0 aliphatic heterocycles. The first kappa shape index (κ1) is 13.1. The minimum atomic E-state index is -4.42. The maximum atomic E-state index is 12.0. The van der Waals surface area contributed by atoms with Crippen LogP contribution in [0.25, 0.3) is 0 Å². The van der Waals surface area contributed by atoms with E-state index in [1.807, 2.05) is 0 Å². The van der Waals surface area contributed by atoms with Crippen molar-refractivity contribution >= 4 is 24.8 Å². The molecular formula is C8H6F3LiO2. The Morgan fingerprint density at radius 3 is 1.86 bits per heavy atom. The maximum absolute atomic E-state index is 12.0. The van der Waals surface area contributed by atoms with Gasteiger partial charge in [-0.2, -0.15) is 13.2 Å².